The van der Waals surface area contributed by atoms with Crippen molar-refractivity contribution in [1.29, 1.82) is 0 Å². The smallest absolute Gasteiger partial charge is 0.274 e. The minimum absolute atomic E-state index is 0.0885. The quantitative estimate of drug-likeness (QED) is 0.198. The number of anilines is 2. The van der Waals surface area contributed by atoms with Crippen LogP contribution in [0.3, 0.4) is 0 Å². The largest absolute Gasteiger partial charge is 0.392 e. The maximum Gasteiger partial charge on any atom is 0.274 e. The summed E-state index contributed by atoms with van der Waals surface area (Å²) in [6.07, 6.45) is 7.44. The molecule has 0 bridgehead atoms. The second kappa shape index (κ2) is 11.5. The molecule has 0 radical (unpaired) electrons. The van der Waals surface area contributed by atoms with Crippen molar-refractivity contribution in [1.82, 2.24) is 9.97 Å². The molecule has 0 spiro atoms. The van der Waals surface area contributed by atoms with Crippen LogP contribution in [0.5, 0.6) is 0 Å². The lowest BCUT2D eigenvalue weighted by Crippen LogP contribution is -2.16. The van der Waals surface area contributed by atoms with E-state index in [9.17, 15) is 19.8 Å². The predicted molar refractivity (Wildman–Crippen MR) is 162 cm³/mol. The van der Waals surface area contributed by atoms with Gasteiger partial charge in [0.2, 0.25) is 0 Å². The number of hydrogen-bond donors (Lipinski definition) is 4. The van der Waals surface area contributed by atoms with Crippen LogP contribution in [0.4, 0.5) is 11.4 Å². The summed E-state index contributed by atoms with van der Waals surface area (Å²) in [7, 11) is 0. The van der Waals surface area contributed by atoms with Gasteiger partial charge in [0.05, 0.1) is 13.2 Å². The van der Waals surface area contributed by atoms with E-state index in [1.807, 2.05) is 50.2 Å². The molecule has 4 aromatic rings. The van der Waals surface area contributed by atoms with Crippen LogP contribution in [0.15, 0.2) is 60.9 Å². The molecule has 4 N–H and O–H groups in total. The highest BCUT2D eigenvalue weighted by molar-refractivity contribution is 6.05. The Kier molecular flexibility index (Phi) is 7.58. The van der Waals surface area contributed by atoms with E-state index >= 15 is 0 Å². The number of carbonyl (C=O) groups is 2. The lowest BCUT2D eigenvalue weighted by molar-refractivity contribution is 0.101. The maximum atomic E-state index is 13.2. The topological polar surface area (TPSA) is 124 Å². The third-order valence-corrected chi connectivity index (χ3v) is 8.34. The Labute approximate surface area is 244 Å². The first kappa shape index (κ1) is 27.8. The van der Waals surface area contributed by atoms with E-state index in [0.717, 1.165) is 70.2 Å². The van der Waals surface area contributed by atoms with Gasteiger partial charge >= 0.3 is 0 Å². The van der Waals surface area contributed by atoms with Gasteiger partial charge in [-0.15, -0.1) is 0 Å². The van der Waals surface area contributed by atoms with E-state index < -0.39 is 0 Å². The zero-order chi connectivity index (χ0) is 29.4. The molecule has 0 aliphatic heterocycles. The third kappa shape index (κ3) is 5.55. The van der Waals surface area contributed by atoms with E-state index in [1.54, 1.807) is 24.5 Å². The molecule has 2 aromatic carbocycles. The van der Waals surface area contributed by atoms with Crippen molar-refractivity contribution in [2.75, 3.05) is 10.6 Å². The van der Waals surface area contributed by atoms with Crippen LogP contribution < -0.4 is 10.6 Å². The molecule has 0 saturated heterocycles. The molecule has 8 heteroatoms. The second-order valence-corrected chi connectivity index (χ2v) is 11.3. The van der Waals surface area contributed by atoms with Gasteiger partial charge in [-0.3, -0.25) is 19.6 Å². The molecule has 42 heavy (non-hydrogen) atoms. The minimum Gasteiger partial charge on any atom is -0.392 e. The molecule has 0 unspecified atom stereocenters. The highest BCUT2D eigenvalue weighted by Crippen LogP contribution is 2.43. The van der Waals surface area contributed by atoms with Crippen molar-refractivity contribution in [2.24, 2.45) is 0 Å². The van der Waals surface area contributed by atoms with Gasteiger partial charge in [-0.2, -0.15) is 0 Å². The summed E-state index contributed by atoms with van der Waals surface area (Å²) >= 11 is 0. The molecule has 2 fully saturated rings. The summed E-state index contributed by atoms with van der Waals surface area (Å²) in [5.41, 5.74) is 9.20. The first-order valence-corrected chi connectivity index (χ1v) is 14.4. The fourth-order valence-corrected chi connectivity index (χ4v) is 5.56. The van der Waals surface area contributed by atoms with Gasteiger partial charge in [0.25, 0.3) is 11.8 Å². The molecule has 6 rings (SSSR count). The Morgan fingerprint density at radius 1 is 0.714 bits per heavy atom. The Morgan fingerprint density at radius 3 is 1.48 bits per heavy atom. The van der Waals surface area contributed by atoms with Crippen molar-refractivity contribution >= 4 is 23.2 Å². The van der Waals surface area contributed by atoms with Crippen LogP contribution >= 0.6 is 0 Å². The molecule has 2 saturated carbocycles. The van der Waals surface area contributed by atoms with Gasteiger partial charge in [-0.25, -0.2) is 0 Å². The zero-order valence-electron chi connectivity index (χ0n) is 23.8. The number of nitrogens with zero attached hydrogens (tertiary/aromatic N) is 2. The highest BCUT2D eigenvalue weighted by atomic mass is 16.3. The molecule has 0 atom stereocenters. The first-order valence-electron chi connectivity index (χ1n) is 14.4. The van der Waals surface area contributed by atoms with Crippen LogP contribution in [-0.2, 0) is 13.2 Å². The summed E-state index contributed by atoms with van der Waals surface area (Å²) in [4.78, 5) is 35.0. The van der Waals surface area contributed by atoms with Gasteiger partial charge in [0.1, 0.15) is 11.4 Å². The van der Waals surface area contributed by atoms with Crippen molar-refractivity contribution < 1.29 is 19.8 Å². The standard InChI is InChI=1S/C34H34N4O4/c1-19-25(5-3-7-29(19)37-33(41)31-13-27(21-9-10-21)23(17-39)15-35-31)26-6-4-8-30(20(26)2)38-34(42)32-14-28(22-11-12-22)24(18-40)16-36-32/h3-8,13-16,21-22,39-40H,9-12,17-18H2,1-2H3,(H,37,41)(H,38,42). The molecule has 214 valence electrons. The van der Waals surface area contributed by atoms with Gasteiger partial charge in [0, 0.05) is 23.8 Å². The van der Waals surface area contributed by atoms with E-state index in [-0.39, 0.29) is 25.0 Å². The van der Waals surface area contributed by atoms with E-state index in [4.69, 9.17) is 0 Å². The lowest BCUT2D eigenvalue weighted by Gasteiger charge is -2.17. The SMILES string of the molecule is Cc1c(NC(=O)c2cc(C3CC3)c(CO)cn2)cccc1-c1cccc(NC(=O)c2cc(C3CC3)c(CO)cn2)c1C. The number of benzene rings is 2. The van der Waals surface area contributed by atoms with Crippen LogP contribution in [-0.4, -0.2) is 32.0 Å². The van der Waals surface area contributed by atoms with E-state index in [1.165, 1.54) is 0 Å². The van der Waals surface area contributed by atoms with Gasteiger partial charge < -0.3 is 20.8 Å². The lowest BCUT2D eigenvalue weighted by atomic mass is 9.94. The second-order valence-electron chi connectivity index (χ2n) is 11.3. The van der Waals surface area contributed by atoms with Crippen molar-refractivity contribution in [3.05, 3.63) is 106 Å². The number of aliphatic hydroxyl groups is 2. The monoisotopic (exact) mass is 562 g/mol. The van der Waals surface area contributed by atoms with Crippen molar-refractivity contribution in [3.63, 3.8) is 0 Å². The molecule has 8 nitrogen and oxygen atoms in total. The molecule has 2 aliphatic rings. The fourth-order valence-electron chi connectivity index (χ4n) is 5.56. The number of carbonyl (C=O) groups excluding carboxylic acids is 2. The van der Waals surface area contributed by atoms with E-state index in [2.05, 4.69) is 20.6 Å². The highest BCUT2D eigenvalue weighted by Gasteiger charge is 2.28. The molecular weight excluding hydrogens is 528 g/mol. The third-order valence-electron chi connectivity index (χ3n) is 8.34. The van der Waals surface area contributed by atoms with Crippen LogP contribution in [0.2, 0.25) is 0 Å². The minimum atomic E-state index is -0.301. The summed E-state index contributed by atoms with van der Waals surface area (Å²) in [5, 5.41) is 25.4. The maximum absolute atomic E-state index is 13.2. The van der Waals surface area contributed by atoms with Crippen LogP contribution in [0, 0.1) is 13.8 Å². The van der Waals surface area contributed by atoms with Gasteiger partial charge in [-0.05, 0) is 120 Å². The Bertz CT molecular complexity index is 1570. The van der Waals surface area contributed by atoms with Crippen molar-refractivity contribution in [2.45, 2.75) is 64.6 Å². The number of aromatic nitrogens is 2. The molecule has 2 amide bonds. The zero-order valence-corrected chi connectivity index (χ0v) is 23.8. The van der Waals surface area contributed by atoms with Gasteiger partial charge in [0.15, 0.2) is 0 Å². The summed E-state index contributed by atoms with van der Waals surface area (Å²) in [5.74, 6) is 0.172. The van der Waals surface area contributed by atoms with Crippen molar-refractivity contribution in [3.8, 4) is 11.1 Å². The van der Waals surface area contributed by atoms with Crippen LogP contribution in [0.1, 0.15) is 91.9 Å². The Hall–Kier alpha value is -4.40. The first-order chi connectivity index (χ1) is 20.4. The van der Waals surface area contributed by atoms with E-state index in [0.29, 0.717) is 34.6 Å². The summed E-state index contributed by atoms with van der Waals surface area (Å²) in [6, 6.07) is 15.1. The molecule has 2 aromatic heterocycles. The number of pyridine rings is 2. The molecular formula is C34H34N4O4. The average Bonchev–Trinajstić information content (AvgIpc) is 3.93. The fraction of sp³-hybridized carbons (Fsp3) is 0.294. The average molecular weight is 563 g/mol. The predicted octanol–water partition coefficient (Wildman–Crippen LogP) is 6.00. The summed E-state index contributed by atoms with van der Waals surface area (Å²) in [6.45, 7) is 3.74. The molecule has 2 heterocycles. The van der Waals surface area contributed by atoms with Crippen LogP contribution in [0.25, 0.3) is 11.1 Å². The number of rotatable bonds is 9. The Balaban J connectivity index is 1.23. The summed E-state index contributed by atoms with van der Waals surface area (Å²) < 4.78 is 0. The number of hydrogen-bond acceptors (Lipinski definition) is 6. The number of nitrogens with one attached hydrogen (secondary N) is 2. The van der Waals surface area contributed by atoms with Gasteiger partial charge in [-0.1, -0.05) is 24.3 Å². The number of aliphatic hydroxyl groups excluding tert-OH is 2. The number of amides is 2. The Morgan fingerprint density at radius 2 is 1.12 bits per heavy atom. The molecule has 2 aliphatic carbocycles. The normalized spacial score (nSPS) is 14.5.